The first-order chi connectivity index (χ1) is 5.18. The molecule has 0 amide bonds. The van der Waals surface area contributed by atoms with Crippen molar-refractivity contribution in [3.05, 3.63) is 11.6 Å². The molecule has 0 aromatic heterocycles. The van der Waals surface area contributed by atoms with E-state index in [2.05, 4.69) is 6.92 Å². The summed E-state index contributed by atoms with van der Waals surface area (Å²) in [6, 6.07) is 0. The summed E-state index contributed by atoms with van der Waals surface area (Å²) in [7, 11) is 0. The highest BCUT2D eigenvalue weighted by Crippen LogP contribution is 2.02. The number of hydrogen-bond acceptors (Lipinski definition) is 1. The number of carboxylic acids is 1. The highest BCUT2D eigenvalue weighted by Gasteiger charge is 1.96. The molecule has 64 valence electrons. The molecule has 0 radical (unpaired) electrons. The molecule has 2 heteroatoms. The van der Waals surface area contributed by atoms with Gasteiger partial charge in [0.15, 0.2) is 0 Å². The van der Waals surface area contributed by atoms with Gasteiger partial charge in [0.2, 0.25) is 0 Å². The van der Waals surface area contributed by atoms with Crippen molar-refractivity contribution < 1.29 is 9.90 Å². The van der Waals surface area contributed by atoms with Crippen molar-refractivity contribution in [2.75, 3.05) is 0 Å². The summed E-state index contributed by atoms with van der Waals surface area (Å²) >= 11 is 0. The van der Waals surface area contributed by atoms with Gasteiger partial charge < -0.3 is 5.11 Å². The van der Waals surface area contributed by atoms with E-state index in [0.717, 1.165) is 12.8 Å². The van der Waals surface area contributed by atoms with Crippen molar-refractivity contribution in [3.8, 4) is 0 Å². The van der Waals surface area contributed by atoms with Crippen LogP contribution in [0, 0.1) is 0 Å². The molecule has 0 fully saturated rings. The van der Waals surface area contributed by atoms with Gasteiger partial charge in [-0.1, -0.05) is 25.8 Å². The summed E-state index contributed by atoms with van der Waals surface area (Å²) in [4.78, 5) is 10.3. The van der Waals surface area contributed by atoms with Gasteiger partial charge in [0, 0.05) is 5.57 Å². The van der Waals surface area contributed by atoms with Gasteiger partial charge in [0.25, 0.3) is 0 Å². The normalized spacial score (nSPS) is 11.6. The van der Waals surface area contributed by atoms with E-state index in [1.54, 1.807) is 13.0 Å². The van der Waals surface area contributed by atoms with Crippen LogP contribution in [0.4, 0.5) is 0 Å². The molecule has 0 rings (SSSR count). The lowest BCUT2D eigenvalue weighted by Gasteiger charge is -1.93. The summed E-state index contributed by atoms with van der Waals surface area (Å²) in [5.74, 6) is -0.804. The number of carboxylic acid groups (broad SMARTS) is 1. The first-order valence-corrected chi connectivity index (χ1v) is 4.08. The number of aliphatic carboxylic acids is 1. The van der Waals surface area contributed by atoms with Crippen LogP contribution in [0.1, 0.15) is 39.5 Å². The SMILES string of the molecule is CCCCC/C=C(/C)C(=O)O. The molecule has 0 aliphatic carbocycles. The van der Waals surface area contributed by atoms with Crippen molar-refractivity contribution in [1.29, 1.82) is 0 Å². The van der Waals surface area contributed by atoms with Crippen LogP contribution in [0.15, 0.2) is 11.6 Å². The van der Waals surface area contributed by atoms with E-state index in [-0.39, 0.29) is 0 Å². The Hall–Kier alpha value is -0.790. The molecular weight excluding hydrogens is 140 g/mol. The van der Waals surface area contributed by atoms with E-state index in [1.807, 2.05) is 0 Å². The molecule has 2 nitrogen and oxygen atoms in total. The lowest BCUT2D eigenvalue weighted by Crippen LogP contribution is -1.95. The number of hydrogen-bond donors (Lipinski definition) is 1. The second-order valence-electron chi connectivity index (χ2n) is 2.69. The minimum atomic E-state index is -0.804. The fourth-order valence-electron chi connectivity index (χ4n) is 0.800. The molecule has 0 saturated heterocycles. The molecule has 0 heterocycles. The summed E-state index contributed by atoms with van der Waals surface area (Å²) < 4.78 is 0. The van der Waals surface area contributed by atoms with Crippen molar-refractivity contribution in [3.63, 3.8) is 0 Å². The van der Waals surface area contributed by atoms with Gasteiger partial charge in [-0.25, -0.2) is 4.79 Å². The van der Waals surface area contributed by atoms with Crippen LogP contribution in [0.2, 0.25) is 0 Å². The Morgan fingerprint density at radius 3 is 2.55 bits per heavy atom. The summed E-state index contributed by atoms with van der Waals surface area (Å²) in [6.07, 6.45) is 6.15. The highest BCUT2D eigenvalue weighted by molar-refractivity contribution is 5.85. The fraction of sp³-hybridized carbons (Fsp3) is 0.667. The molecule has 11 heavy (non-hydrogen) atoms. The second kappa shape index (κ2) is 5.96. The third-order valence-corrected chi connectivity index (χ3v) is 1.60. The van der Waals surface area contributed by atoms with Gasteiger partial charge in [-0.3, -0.25) is 0 Å². The zero-order valence-corrected chi connectivity index (χ0v) is 7.26. The molecule has 0 bridgehead atoms. The molecule has 0 spiro atoms. The minimum absolute atomic E-state index is 0.459. The number of allylic oxidation sites excluding steroid dienone is 1. The molecule has 0 saturated carbocycles. The second-order valence-corrected chi connectivity index (χ2v) is 2.69. The van der Waals surface area contributed by atoms with Crippen molar-refractivity contribution in [2.24, 2.45) is 0 Å². The molecule has 0 aliphatic rings. The van der Waals surface area contributed by atoms with Gasteiger partial charge >= 0.3 is 5.97 Å². The molecule has 0 aromatic carbocycles. The average molecular weight is 156 g/mol. The predicted molar refractivity (Wildman–Crippen MR) is 45.5 cm³/mol. The van der Waals surface area contributed by atoms with Crippen LogP contribution in [-0.2, 0) is 4.79 Å². The van der Waals surface area contributed by atoms with E-state index in [0.29, 0.717) is 5.57 Å². The smallest absolute Gasteiger partial charge is 0.330 e. The standard InChI is InChI=1S/C9H16O2/c1-3-4-5-6-7-8(2)9(10)11/h7H,3-6H2,1-2H3,(H,10,11)/b8-7-. The number of rotatable bonds is 5. The Balaban J connectivity index is 3.48. The van der Waals surface area contributed by atoms with E-state index in [4.69, 9.17) is 5.11 Å². The maximum absolute atomic E-state index is 10.3. The summed E-state index contributed by atoms with van der Waals surface area (Å²) in [5, 5.41) is 8.47. The topological polar surface area (TPSA) is 37.3 Å². The van der Waals surface area contributed by atoms with Crippen molar-refractivity contribution in [2.45, 2.75) is 39.5 Å². The third kappa shape index (κ3) is 5.64. The van der Waals surface area contributed by atoms with E-state index < -0.39 is 5.97 Å². The lowest BCUT2D eigenvalue weighted by atomic mass is 10.1. The van der Waals surface area contributed by atoms with Crippen LogP contribution in [-0.4, -0.2) is 11.1 Å². The fourth-order valence-corrected chi connectivity index (χ4v) is 0.800. The molecule has 0 atom stereocenters. The molecule has 1 N–H and O–H groups in total. The van der Waals surface area contributed by atoms with E-state index in [1.165, 1.54) is 12.8 Å². The Morgan fingerprint density at radius 2 is 2.09 bits per heavy atom. The van der Waals surface area contributed by atoms with Gasteiger partial charge in [-0.15, -0.1) is 0 Å². The van der Waals surface area contributed by atoms with Gasteiger partial charge in [-0.2, -0.15) is 0 Å². The maximum atomic E-state index is 10.3. The molecule has 0 aliphatic heterocycles. The van der Waals surface area contributed by atoms with E-state index in [9.17, 15) is 4.79 Å². The van der Waals surface area contributed by atoms with Gasteiger partial charge in [0.05, 0.1) is 0 Å². The maximum Gasteiger partial charge on any atom is 0.330 e. The van der Waals surface area contributed by atoms with Crippen LogP contribution in [0.3, 0.4) is 0 Å². The zero-order chi connectivity index (χ0) is 8.69. The Kier molecular flexibility index (Phi) is 5.53. The van der Waals surface area contributed by atoms with Crippen molar-refractivity contribution >= 4 is 5.97 Å². The Morgan fingerprint density at radius 1 is 1.45 bits per heavy atom. The largest absolute Gasteiger partial charge is 0.478 e. The highest BCUT2D eigenvalue weighted by atomic mass is 16.4. The number of unbranched alkanes of at least 4 members (excludes halogenated alkanes) is 3. The van der Waals surface area contributed by atoms with E-state index >= 15 is 0 Å². The quantitative estimate of drug-likeness (QED) is 0.490. The van der Waals surface area contributed by atoms with Crippen LogP contribution < -0.4 is 0 Å². The monoisotopic (exact) mass is 156 g/mol. The zero-order valence-electron chi connectivity index (χ0n) is 7.26. The van der Waals surface area contributed by atoms with Crippen LogP contribution in [0.5, 0.6) is 0 Å². The molecule has 0 aromatic rings. The third-order valence-electron chi connectivity index (χ3n) is 1.60. The Bertz CT molecular complexity index is 148. The molecular formula is C9H16O2. The number of carbonyl (C=O) groups is 1. The van der Waals surface area contributed by atoms with Gasteiger partial charge in [0.1, 0.15) is 0 Å². The average Bonchev–Trinajstić information content (AvgIpc) is 1.97. The molecule has 0 unspecified atom stereocenters. The first-order valence-electron chi connectivity index (χ1n) is 4.08. The van der Waals surface area contributed by atoms with Gasteiger partial charge in [-0.05, 0) is 19.8 Å². The van der Waals surface area contributed by atoms with Crippen LogP contribution >= 0.6 is 0 Å². The predicted octanol–water partition coefficient (Wildman–Crippen LogP) is 2.60. The minimum Gasteiger partial charge on any atom is -0.478 e. The lowest BCUT2D eigenvalue weighted by molar-refractivity contribution is -0.132. The first kappa shape index (κ1) is 10.2. The van der Waals surface area contributed by atoms with Crippen LogP contribution in [0.25, 0.3) is 0 Å². The Labute approximate surface area is 67.9 Å². The summed E-state index contributed by atoms with van der Waals surface area (Å²) in [5.41, 5.74) is 0.459. The summed E-state index contributed by atoms with van der Waals surface area (Å²) in [6.45, 7) is 3.77. The van der Waals surface area contributed by atoms with Crippen molar-refractivity contribution in [1.82, 2.24) is 0 Å².